The second-order valence-corrected chi connectivity index (χ2v) is 11.1. The lowest BCUT2D eigenvalue weighted by atomic mass is 10.1. The zero-order valence-electron chi connectivity index (χ0n) is 19.1. The molecule has 0 saturated carbocycles. The first-order valence-electron chi connectivity index (χ1n) is 10.8. The number of aryl methyl sites for hydroxylation is 2. The number of sulfonamides is 1. The maximum Gasteiger partial charge on any atom is 0.243 e. The zero-order valence-corrected chi connectivity index (χ0v) is 20.7. The largest absolute Gasteiger partial charge is 0.339 e. The highest BCUT2D eigenvalue weighted by Gasteiger charge is 2.30. The molecule has 2 heterocycles. The summed E-state index contributed by atoms with van der Waals surface area (Å²) in [6, 6.07) is 15.2. The van der Waals surface area contributed by atoms with Crippen LogP contribution in [0.1, 0.15) is 11.1 Å². The molecule has 1 aliphatic heterocycles. The average molecular weight is 485 g/mol. The summed E-state index contributed by atoms with van der Waals surface area (Å²) in [5.41, 5.74) is 4.08. The summed E-state index contributed by atoms with van der Waals surface area (Å²) in [6.45, 7) is 5.24. The topological polar surface area (TPSA) is 75.5 Å². The Morgan fingerprint density at radius 2 is 1.70 bits per heavy atom. The fourth-order valence-corrected chi connectivity index (χ4v) is 6.18. The molecule has 9 heteroatoms. The van der Waals surface area contributed by atoms with E-state index >= 15 is 0 Å². The van der Waals surface area contributed by atoms with Crippen molar-refractivity contribution in [3.8, 4) is 11.3 Å². The van der Waals surface area contributed by atoms with Crippen LogP contribution in [-0.2, 0) is 21.9 Å². The Hall–Kier alpha value is -2.62. The number of thioether (sulfide) groups is 1. The molecule has 0 atom stereocenters. The lowest BCUT2D eigenvalue weighted by molar-refractivity contribution is -0.129. The highest BCUT2D eigenvalue weighted by molar-refractivity contribution is 7.99. The third-order valence-corrected chi connectivity index (χ3v) is 8.97. The van der Waals surface area contributed by atoms with E-state index in [-0.39, 0.29) is 11.7 Å². The summed E-state index contributed by atoms with van der Waals surface area (Å²) in [4.78, 5) is 19.3. The van der Waals surface area contributed by atoms with Crippen LogP contribution in [0.15, 0.2) is 64.8 Å². The van der Waals surface area contributed by atoms with E-state index in [0.29, 0.717) is 31.1 Å². The van der Waals surface area contributed by atoms with Crippen molar-refractivity contribution in [3.05, 3.63) is 65.9 Å². The van der Waals surface area contributed by atoms with Crippen molar-refractivity contribution in [2.24, 2.45) is 7.05 Å². The average Bonchev–Trinajstić information content (AvgIpc) is 3.20. The first-order chi connectivity index (χ1) is 15.8. The third kappa shape index (κ3) is 5.00. The molecule has 1 aromatic heterocycles. The van der Waals surface area contributed by atoms with Crippen LogP contribution in [0, 0.1) is 13.8 Å². The van der Waals surface area contributed by atoms with Gasteiger partial charge in [-0.15, -0.1) is 0 Å². The number of nitrogens with zero attached hydrogens (tertiary/aromatic N) is 4. The summed E-state index contributed by atoms with van der Waals surface area (Å²) in [5, 5.41) is 0.776. The van der Waals surface area contributed by atoms with Crippen LogP contribution < -0.4 is 0 Å². The van der Waals surface area contributed by atoms with Crippen LogP contribution in [0.25, 0.3) is 11.3 Å². The number of imidazole rings is 1. The molecule has 174 valence electrons. The van der Waals surface area contributed by atoms with Crippen molar-refractivity contribution in [2.75, 3.05) is 31.9 Å². The zero-order chi connectivity index (χ0) is 23.6. The van der Waals surface area contributed by atoms with Crippen molar-refractivity contribution in [1.82, 2.24) is 18.8 Å². The molecule has 0 unspecified atom stereocenters. The van der Waals surface area contributed by atoms with Crippen molar-refractivity contribution in [2.45, 2.75) is 23.9 Å². The van der Waals surface area contributed by atoms with E-state index in [1.807, 2.05) is 68.1 Å². The van der Waals surface area contributed by atoms with Crippen LogP contribution >= 0.6 is 11.8 Å². The number of amides is 1. The fraction of sp³-hybridized carbons (Fsp3) is 0.333. The van der Waals surface area contributed by atoms with Gasteiger partial charge in [0.25, 0.3) is 0 Å². The molecule has 0 aliphatic carbocycles. The molecule has 1 saturated heterocycles. The monoisotopic (exact) mass is 484 g/mol. The number of rotatable bonds is 6. The quantitative estimate of drug-likeness (QED) is 0.502. The van der Waals surface area contributed by atoms with Gasteiger partial charge >= 0.3 is 0 Å². The van der Waals surface area contributed by atoms with Gasteiger partial charge in [0, 0.05) is 33.2 Å². The first-order valence-corrected chi connectivity index (χ1v) is 13.2. The van der Waals surface area contributed by atoms with Crippen molar-refractivity contribution < 1.29 is 13.2 Å². The van der Waals surface area contributed by atoms with Crippen molar-refractivity contribution >= 4 is 27.7 Å². The molecule has 0 radical (unpaired) electrons. The predicted octanol–water partition coefficient (Wildman–Crippen LogP) is 3.33. The van der Waals surface area contributed by atoms with Gasteiger partial charge < -0.3 is 9.47 Å². The number of hydrogen-bond donors (Lipinski definition) is 0. The summed E-state index contributed by atoms with van der Waals surface area (Å²) >= 11 is 1.40. The van der Waals surface area contributed by atoms with Crippen LogP contribution in [-0.4, -0.2) is 65.0 Å². The van der Waals surface area contributed by atoms with Crippen LogP contribution in [0.2, 0.25) is 0 Å². The maximum atomic E-state index is 13.0. The summed E-state index contributed by atoms with van der Waals surface area (Å²) in [6.07, 6.45) is 1.82. The minimum absolute atomic E-state index is 0.00695. The molecule has 1 fully saturated rings. The van der Waals surface area contributed by atoms with Crippen LogP contribution in [0.3, 0.4) is 0 Å². The van der Waals surface area contributed by atoms with Gasteiger partial charge in [-0.25, -0.2) is 13.4 Å². The Balaban J connectivity index is 1.34. The minimum atomic E-state index is -3.56. The normalized spacial score (nSPS) is 15.1. The standard InChI is InChI=1S/C24H28N4O3S2/c1-18-9-10-21(15-19(18)2)33(30,31)28-13-11-27(12-14-28)23(29)17-32-24-25-16-22(26(24)3)20-7-5-4-6-8-20/h4-10,15-16H,11-14,17H2,1-3H3. The number of carbonyl (C=O) groups is 1. The highest BCUT2D eigenvalue weighted by Crippen LogP contribution is 2.25. The molecule has 3 aromatic rings. The maximum absolute atomic E-state index is 13.0. The minimum Gasteiger partial charge on any atom is -0.339 e. The first kappa shape index (κ1) is 23.5. The Kier molecular flexibility index (Phi) is 6.92. The smallest absolute Gasteiger partial charge is 0.243 e. The number of carbonyl (C=O) groups excluding carboxylic acids is 1. The molecule has 1 amide bonds. The van der Waals surface area contributed by atoms with Gasteiger partial charge in [-0.05, 0) is 42.7 Å². The van der Waals surface area contributed by atoms with E-state index in [9.17, 15) is 13.2 Å². The molecule has 33 heavy (non-hydrogen) atoms. The molecule has 4 rings (SSSR count). The van der Waals surface area contributed by atoms with Crippen LogP contribution in [0.5, 0.6) is 0 Å². The lowest BCUT2D eigenvalue weighted by Crippen LogP contribution is -2.51. The Morgan fingerprint density at radius 1 is 1.00 bits per heavy atom. The SMILES string of the molecule is Cc1ccc(S(=O)(=O)N2CCN(C(=O)CSc3ncc(-c4ccccc4)n3C)CC2)cc1C. The molecule has 0 spiro atoms. The number of hydrogen-bond acceptors (Lipinski definition) is 5. The Labute approximate surface area is 199 Å². The predicted molar refractivity (Wildman–Crippen MR) is 131 cm³/mol. The third-order valence-electron chi connectivity index (χ3n) is 6.05. The van der Waals surface area contributed by atoms with Gasteiger partial charge in [-0.3, -0.25) is 4.79 Å². The van der Waals surface area contributed by atoms with E-state index in [1.165, 1.54) is 16.1 Å². The lowest BCUT2D eigenvalue weighted by Gasteiger charge is -2.34. The number of benzene rings is 2. The number of aromatic nitrogens is 2. The Bertz CT molecular complexity index is 1250. The molecule has 2 aromatic carbocycles. The molecule has 0 bridgehead atoms. The summed E-state index contributed by atoms with van der Waals surface area (Å²) in [5.74, 6) is 0.260. The van der Waals surface area contributed by atoms with Gasteiger partial charge in [-0.1, -0.05) is 48.2 Å². The van der Waals surface area contributed by atoms with E-state index < -0.39 is 10.0 Å². The molecular formula is C24H28N4O3S2. The Morgan fingerprint density at radius 3 is 2.36 bits per heavy atom. The summed E-state index contributed by atoms with van der Waals surface area (Å²) < 4.78 is 29.5. The van der Waals surface area contributed by atoms with Gasteiger partial charge in [0.1, 0.15) is 0 Å². The van der Waals surface area contributed by atoms with Crippen LogP contribution in [0.4, 0.5) is 0 Å². The van der Waals surface area contributed by atoms with Crippen molar-refractivity contribution in [1.29, 1.82) is 0 Å². The number of piperazine rings is 1. The highest BCUT2D eigenvalue weighted by atomic mass is 32.2. The van der Waals surface area contributed by atoms with Crippen molar-refractivity contribution in [3.63, 3.8) is 0 Å². The second-order valence-electron chi connectivity index (χ2n) is 8.17. The van der Waals surface area contributed by atoms with Gasteiger partial charge in [0.05, 0.1) is 22.5 Å². The fourth-order valence-electron chi connectivity index (χ4n) is 3.82. The van der Waals surface area contributed by atoms with E-state index in [1.54, 1.807) is 17.0 Å². The van der Waals surface area contributed by atoms with Gasteiger partial charge in [0.2, 0.25) is 15.9 Å². The molecular weight excluding hydrogens is 456 g/mol. The second kappa shape index (κ2) is 9.70. The van der Waals surface area contributed by atoms with E-state index in [4.69, 9.17) is 0 Å². The van der Waals surface area contributed by atoms with E-state index in [0.717, 1.165) is 27.5 Å². The summed E-state index contributed by atoms with van der Waals surface area (Å²) in [7, 11) is -1.62. The van der Waals surface area contributed by atoms with E-state index in [2.05, 4.69) is 4.98 Å². The van der Waals surface area contributed by atoms with Gasteiger partial charge in [0.15, 0.2) is 5.16 Å². The molecule has 1 aliphatic rings. The molecule has 0 N–H and O–H groups in total. The molecule has 7 nitrogen and oxygen atoms in total. The van der Waals surface area contributed by atoms with Gasteiger partial charge in [-0.2, -0.15) is 4.31 Å².